The van der Waals surface area contributed by atoms with Crippen molar-refractivity contribution in [3.8, 4) is 0 Å². The largest absolute Gasteiger partial charge is 0.339 e. The summed E-state index contributed by atoms with van der Waals surface area (Å²) < 4.78 is 1.09. The van der Waals surface area contributed by atoms with Gasteiger partial charge in [0.1, 0.15) is 0 Å². The highest BCUT2D eigenvalue weighted by molar-refractivity contribution is 9.11. The number of rotatable bonds is 2. The Morgan fingerprint density at radius 2 is 2.12 bits per heavy atom. The molecule has 0 unspecified atom stereocenters. The molecular weight excluding hydrogens is 300 g/mol. The van der Waals surface area contributed by atoms with Gasteiger partial charge in [0.2, 0.25) is 5.91 Å². The van der Waals surface area contributed by atoms with E-state index in [0.717, 1.165) is 21.8 Å². The Balaban J connectivity index is 1.95. The second-order valence-electron chi connectivity index (χ2n) is 4.65. The highest BCUT2D eigenvalue weighted by Crippen LogP contribution is 2.23. The van der Waals surface area contributed by atoms with E-state index < -0.39 is 0 Å². The number of carbonyl (C=O) groups is 1. The lowest BCUT2D eigenvalue weighted by atomic mass is 10.1. The summed E-state index contributed by atoms with van der Waals surface area (Å²) in [7, 11) is 0. The van der Waals surface area contributed by atoms with E-state index in [4.69, 9.17) is 0 Å². The van der Waals surface area contributed by atoms with Crippen LogP contribution in [-0.2, 0) is 11.2 Å². The van der Waals surface area contributed by atoms with Gasteiger partial charge in [-0.25, -0.2) is 0 Å². The Morgan fingerprint density at radius 3 is 2.65 bits per heavy atom. The predicted octanol–water partition coefficient (Wildman–Crippen LogP) is 2.26. The molecule has 3 nitrogen and oxygen atoms in total. The number of carbonyl (C=O) groups excluding carboxylic acids is 1. The quantitative estimate of drug-likeness (QED) is 0.907. The fourth-order valence-corrected chi connectivity index (χ4v) is 3.71. The third kappa shape index (κ3) is 3.53. The average molecular weight is 317 g/mol. The first-order valence-electron chi connectivity index (χ1n) is 5.82. The van der Waals surface area contributed by atoms with E-state index in [2.05, 4.69) is 35.1 Å². The second-order valence-corrected chi connectivity index (χ2v) is 7.20. The maximum absolute atomic E-state index is 12.2. The van der Waals surface area contributed by atoms with Gasteiger partial charge >= 0.3 is 0 Å². The first-order chi connectivity index (χ1) is 8.04. The van der Waals surface area contributed by atoms with Crippen LogP contribution in [0, 0.1) is 0 Å². The number of hydrogen-bond donors (Lipinski definition) is 1. The number of thiophene rings is 1. The third-order valence-corrected chi connectivity index (χ3v) is 4.49. The standard InChI is InChI=1S/C12H17BrN2OS/c1-8-6-15(7-9(2)14-8)12(16)5-10-3-4-11(13)17-10/h3-4,8-9,14H,5-7H2,1-2H3/t8-,9-/m1/s1. The Hall–Kier alpha value is -0.390. The number of nitrogens with zero attached hydrogens (tertiary/aromatic N) is 1. The Bertz CT molecular complexity index is 397. The van der Waals surface area contributed by atoms with E-state index in [0.29, 0.717) is 18.5 Å². The van der Waals surface area contributed by atoms with Crippen molar-refractivity contribution in [1.82, 2.24) is 10.2 Å². The van der Waals surface area contributed by atoms with Crippen LogP contribution in [0.4, 0.5) is 0 Å². The molecule has 1 amide bonds. The molecule has 1 aromatic heterocycles. The van der Waals surface area contributed by atoms with Gasteiger partial charge in [-0.15, -0.1) is 11.3 Å². The number of halogens is 1. The summed E-state index contributed by atoms with van der Waals surface area (Å²) in [5.41, 5.74) is 0. The van der Waals surface area contributed by atoms with E-state index in [9.17, 15) is 4.79 Å². The van der Waals surface area contributed by atoms with Crippen LogP contribution in [-0.4, -0.2) is 36.0 Å². The summed E-state index contributed by atoms with van der Waals surface area (Å²) in [6.07, 6.45) is 0.524. The molecule has 0 saturated carbocycles. The van der Waals surface area contributed by atoms with Gasteiger partial charge in [0.15, 0.2) is 0 Å². The third-order valence-electron chi connectivity index (χ3n) is 2.86. The molecule has 1 N–H and O–H groups in total. The van der Waals surface area contributed by atoms with Gasteiger partial charge in [0.05, 0.1) is 10.2 Å². The van der Waals surface area contributed by atoms with Crippen molar-refractivity contribution in [1.29, 1.82) is 0 Å². The monoisotopic (exact) mass is 316 g/mol. The minimum absolute atomic E-state index is 0.236. The van der Waals surface area contributed by atoms with E-state index in [1.165, 1.54) is 0 Å². The lowest BCUT2D eigenvalue weighted by Crippen LogP contribution is -2.56. The molecular formula is C12H17BrN2OS. The smallest absolute Gasteiger partial charge is 0.227 e. The fourth-order valence-electron chi connectivity index (χ4n) is 2.24. The molecule has 2 atom stereocenters. The fraction of sp³-hybridized carbons (Fsp3) is 0.583. The zero-order valence-corrected chi connectivity index (χ0v) is 12.5. The minimum atomic E-state index is 0.236. The Morgan fingerprint density at radius 1 is 1.47 bits per heavy atom. The van der Waals surface area contributed by atoms with Gasteiger partial charge in [-0.1, -0.05) is 0 Å². The zero-order chi connectivity index (χ0) is 12.4. The van der Waals surface area contributed by atoms with Gasteiger partial charge in [-0.2, -0.15) is 0 Å². The Labute approximate surface area is 114 Å². The maximum Gasteiger partial charge on any atom is 0.227 e. The Kier molecular flexibility index (Phi) is 4.22. The topological polar surface area (TPSA) is 32.3 Å². The van der Waals surface area contributed by atoms with E-state index in [1.807, 2.05) is 17.0 Å². The SMILES string of the molecule is C[C@@H]1CN(C(=O)Cc2ccc(Br)s2)C[C@@H](C)N1. The molecule has 0 aliphatic carbocycles. The molecule has 1 aliphatic heterocycles. The number of nitrogens with one attached hydrogen (secondary N) is 1. The van der Waals surface area contributed by atoms with Crippen molar-refractivity contribution in [3.05, 3.63) is 20.8 Å². The summed E-state index contributed by atoms with van der Waals surface area (Å²) >= 11 is 5.06. The highest BCUT2D eigenvalue weighted by Gasteiger charge is 2.24. The minimum Gasteiger partial charge on any atom is -0.339 e. The normalized spacial score (nSPS) is 25.0. The number of hydrogen-bond acceptors (Lipinski definition) is 3. The molecule has 1 aromatic rings. The van der Waals surface area contributed by atoms with Gasteiger partial charge in [-0.05, 0) is 41.9 Å². The van der Waals surface area contributed by atoms with Gasteiger partial charge in [-0.3, -0.25) is 4.79 Å². The summed E-state index contributed by atoms with van der Waals surface area (Å²) in [4.78, 5) is 15.3. The molecule has 0 aromatic carbocycles. The first-order valence-corrected chi connectivity index (χ1v) is 7.43. The second kappa shape index (κ2) is 5.50. The van der Waals surface area contributed by atoms with Crippen molar-refractivity contribution in [2.75, 3.05) is 13.1 Å². The van der Waals surface area contributed by atoms with Crippen LogP contribution in [0.1, 0.15) is 18.7 Å². The van der Waals surface area contributed by atoms with Crippen molar-refractivity contribution < 1.29 is 4.79 Å². The van der Waals surface area contributed by atoms with Gasteiger partial charge in [0.25, 0.3) is 0 Å². The molecule has 1 saturated heterocycles. The van der Waals surface area contributed by atoms with Gasteiger partial charge < -0.3 is 10.2 Å². The maximum atomic E-state index is 12.2. The first kappa shape index (κ1) is 13.1. The molecule has 1 aliphatic rings. The van der Waals surface area contributed by atoms with Crippen LogP contribution in [0.15, 0.2) is 15.9 Å². The van der Waals surface area contributed by atoms with Crippen LogP contribution in [0.3, 0.4) is 0 Å². The zero-order valence-electron chi connectivity index (χ0n) is 10.1. The summed E-state index contributed by atoms with van der Waals surface area (Å²) in [6, 6.07) is 4.79. The van der Waals surface area contributed by atoms with Crippen molar-refractivity contribution in [2.45, 2.75) is 32.4 Å². The molecule has 17 heavy (non-hydrogen) atoms. The molecule has 0 spiro atoms. The summed E-state index contributed by atoms with van der Waals surface area (Å²) in [6.45, 7) is 5.88. The average Bonchev–Trinajstić information content (AvgIpc) is 2.62. The van der Waals surface area contributed by atoms with Crippen LogP contribution < -0.4 is 5.32 Å². The van der Waals surface area contributed by atoms with Crippen LogP contribution in [0.5, 0.6) is 0 Å². The molecule has 94 valence electrons. The summed E-state index contributed by atoms with van der Waals surface area (Å²) in [5.74, 6) is 0.236. The van der Waals surface area contributed by atoms with Crippen LogP contribution >= 0.6 is 27.3 Å². The van der Waals surface area contributed by atoms with E-state index in [1.54, 1.807) is 11.3 Å². The van der Waals surface area contributed by atoms with Gasteiger partial charge in [0, 0.05) is 30.1 Å². The number of amides is 1. The molecule has 1 fully saturated rings. The molecule has 0 bridgehead atoms. The molecule has 2 rings (SSSR count). The van der Waals surface area contributed by atoms with E-state index >= 15 is 0 Å². The summed E-state index contributed by atoms with van der Waals surface area (Å²) in [5, 5.41) is 3.43. The lowest BCUT2D eigenvalue weighted by Gasteiger charge is -2.36. The highest BCUT2D eigenvalue weighted by atomic mass is 79.9. The predicted molar refractivity (Wildman–Crippen MR) is 74.4 cm³/mol. The van der Waals surface area contributed by atoms with Crippen LogP contribution in [0.2, 0.25) is 0 Å². The van der Waals surface area contributed by atoms with E-state index in [-0.39, 0.29) is 5.91 Å². The van der Waals surface area contributed by atoms with Crippen LogP contribution in [0.25, 0.3) is 0 Å². The molecule has 5 heteroatoms. The van der Waals surface area contributed by atoms with Crippen molar-refractivity contribution in [3.63, 3.8) is 0 Å². The lowest BCUT2D eigenvalue weighted by molar-refractivity contribution is -0.132. The molecule has 2 heterocycles. The van der Waals surface area contributed by atoms with Crippen molar-refractivity contribution >= 4 is 33.2 Å². The number of piperazine rings is 1. The molecule has 0 radical (unpaired) electrons. The van der Waals surface area contributed by atoms with Crippen molar-refractivity contribution in [2.24, 2.45) is 0 Å².